The van der Waals surface area contributed by atoms with Crippen molar-refractivity contribution in [2.75, 3.05) is 11.0 Å². The molecule has 0 unspecified atom stereocenters. The first-order valence-corrected chi connectivity index (χ1v) is 8.45. The van der Waals surface area contributed by atoms with E-state index in [9.17, 15) is 16.8 Å². The first kappa shape index (κ1) is 16.2. The van der Waals surface area contributed by atoms with Crippen molar-refractivity contribution in [3.63, 3.8) is 0 Å². The first-order chi connectivity index (χ1) is 8.63. The molecule has 9 nitrogen and oxygen atoms in total. The van der Waals surface area contributed by atoms with Crippen molar-refractivity contribution in [2.24, 2.45) is 0 Å². The van der Waals surface area contributed by atoms with E-state index in [1.54, 1.807) is 0 Å². The summed E-state index contributed by atoms with van der Waals surface area (Å²) in [6.45, 7) is 0. The highest BCUT2D eigenvalue weighted by molar-refractivity contribution is 7.95. The molecule has 0 aliphatic heterocycles. The van der Waals surface area contributed by atoms with Crippen LogP contribution in [0.2, 0.25) is 0 Å². The Morgan fingerprint density at radius 1 is 1.26 bits per heavy atom. The van der Waals surface area contributed by atoms with Crippen LogP contribution >= 0.6 is 12.0 Å². The van der Waals surface area contributed by atoms with Gasteiger partial charge >= 0.3 is 0 Å². The third-order valence-electron chi connectivity index (χ3n) is 1.70. The van der Waals surface area contributed by atoms with Crippen molar-refractivity contribution < 1.29 is 36.0 Å². The second kappa shape index (κ2) is 6.04. The molecule has 0 heterocycles. The Morgan fingerprint density at radius 3 is 2.37 bits per heavy atom. The van der Waals surface area contributed by atoms with Gasteiger partial charge in [-0.1, -0.05) is 5.04 Å². The SMILES string of the molecule is CS(=O)(=O)Nc1cc(S(=O)(=O)O)ccc1SOOO. The molecule has 0 aromatic heterocycles. The second-order valence-electron chi connectivity index (χ2n) is 3.23. The molecule has 0 aliphatic carbocycles. The summed E-state index contributed by atoms with van der Waals surface area (Å²) < 4.78 is 59.2. The van der Waals surface area contributed by atoms with Gasteiger partial charge < -0.3 is 0 Å². The Kier molecular flexibility index (Phi) is 5.14. The van der Waals surface area contributed by atoms with E-state index in [1.165, 1.54) is 0 Å². The predicted molar refractivity (Wildman–Crippen MR) is 65.4 cm³/mol. The van der Waals surface area contributed by atoms with Crippen molar-refractivity contribution in [3.05, 3.63) is 18.2 Å². The Balaban J connectivity index is 3.26. The zero-order valence-electron chi connectivity index (χ0n) is 9.30. The van der Waals surface area contributed by atoms with Gasteiger partial charge in [0.05, 0.1) is 33.8 Å². The molecule has 12 heteroatoms. The Morgan fingerprint density at radius 2 is 1.89 bits per heavy atom. The summed E-state index contributed by atoms with van der Waals surface area (Å²) in [7, 11) is -8.17. The van der Waals surface area contributed by atoms with E-state index < -0.39 is 25.0 Å². The number of sulfonamides is 1. The van der Waals surface area contributed by atoms with E-state index in [0.29, 0.717) is 12.0 Å². The van der Waals surface area contributed by atoms with E-state index in [-0.39, 0.29) is 10.6 Å². The van der Waals surface area contributed by atoms with Gasteiger partial charge in [-0.05, 0) is 18.2 Å². The molecular formula is C7H9NO8S3. The van der Waals surface area contributed by atoms with E-state index >= 15 is 0 Å². The van der Waals surface area contributed by atoms with Gasteiger partial charge in [0.1, 0.15) is 0 Å². The number of rotatable bonds is 6. The zero-order chi connectivity index (χ0) is 14.7. The third kappa shape index (κ3) is 5.32. The van der Waals surface area contributed by atoms with Crippen LogP contribution in [0.3, 0.4) is 0 Å². The molecule has 0 fully saturated rings. The molecule has 108 valence electrons. The summed E-state index contributed by atoms with van der Waals surface area (Å²) in [5.74, 6) is 0. The van der Waals surface area contributed by atoms with Crippen LogP contribution < -0.4 is 4.72 Å². The highest BCUT2D eigenvalue weighted by atomic mass is 32.2. The van der Waals surface area contributed by atoms with Gasteiger partial charge in [0, 0.05) is 0 Å². The minimum atomic E-state index is -4.48. The molecule has 19 heavy (non-hydrogen) atoms. The quantitative estimate of drug-likeness (QED) is 0.298. The Labute approximate surface area is 113 Å². The summed E-state index contributed by atoms with van der Waals surface area (Å²) in [6, 6.07) is 3.06. The molecule has 0 amide bonds. The standard InChI is InChI=1S/C7H9NO8S3/c1-18(10,11)8-6-4-5(19(12,13)14)2-3-7(6)17-16-15-9/h2-4,8-9H,1H3,(H,12,13,14). The van der Waals surface area contributed by atoms with Crippen molar-refractivity contribution in [1.82, 2.24) is 0 Å². The van der Waals surface area contributed by atoms with Crippen molar-refractivity contribution in [1.29, 1.82) is 0 Å². The lowest BCUT2D eigenvalue weighted by Gasteiger charge is -2.09. The van der Waals surface area contributed by atoms with Crippen LogP contribution in [0, 0.1) is 0 Å². The van der Waals surface area contributed by atoms with Crippen molar-refractivity contribution >= 4 is 37.9 Å². The summed E-state index contributed by atoms with van der Waals surface area (Å²) in [4.78, 5) is -0.403. The van der Waals surface area contributed by atoms with E-state index in [2.05, 4.69) is 9.37 Å². The summed E-state index contributed by atoms with van der Waals surface area (Å²) in [6.07, 6.45) is 0.852. The lowest BCUT2D eigenvalue weighted by Crippen LogP contribution is -2.11. The highest BCUT2D eigenvalue weighted by Gasteiger charge is 2.16. The molecule has 1 aromatic carbocycles. The van der Waals surface area contributed by atoms with Crippen LogP contribution in [0.25, 0.3) is 0 Å². The maximum absolute atomic E-state index is 11.1. The fourth-order valence-corrected chi connectivity index (χ4v) is 2.64. The maximum atomic E-state index is 11.1. The normalized spacial score (nSPS) is 12.4. The maximum Gasteiger partial charge on any atom is 0.294 e. The number of hydrogen-bond acceptors (Lipinski definition) is 8. The van der Waals surface area contributed by atoms with Crippen LogP contribution in [0.15, 0.2) is 28.0 Å². The van der Waals surface area contributed by atoms with E-state index in [0.717, 1.165) is 24.5 Å². The fourth-order valence-electron chi connectivity index (χ4n) is 1.07. The lowest BCUT2D eigenvalue weighted by atomic mass is 10.3. The minimum absolute atomic E-state index is 0.104. The van der Waals surface area contributed by atoms with Gasteiger partial charge in [-0.25, -0.2) is 13.7 Å². The third-order valence-corrected chi connectivity index (χ3v) is 3.80. The summed E-state index contributed by atoms with van der Waals surface area (Å²) in [5, 5.41) is 11.4. The highest BCUT2D eigenvalue weighted by Crippen LogP contribution is 2.30. The second-order valence-corrected chi connectivity index (χ2v) is 7.15. The number of hydrogen-bond donors (Lipinski definition) is 3. The average molecular weight is 331 g/mol. The topological polar surface area (TPSA) is 139 Å². The predicted octanol–water partition coefficient (Wildman–Crippen LogP) is 0.733. The first-order valence-electron chi connectivity index (χ1n) is 4.37. The molecule has 0 radical (unpaired) electrons. The van der Waals surface area contributed by atoms with Gasteiger partial charge in [-0.15, -0.1) is 4.33 Å². The van der Waals surface area contributed by atoms with Gasteiger partial charge in [-0.3, -0.25) is 9.27 Å². The number of anilines is 1. The van der Waals surface area contributed by atoms with Gasteiger partial charge in [0.25, 0.3) is 10.1 Å². The molecule has 0 saturated carbocycles. The van der Waals surface area contributed by atoms with Gasteiger partial charge in [-0.2, -0.15) is 8.42 Å². The minimum Gasteiger partial charge on any atom is -0.283 e. The number of benzene rings is 1. The van der Waals surface area contributed by atoms with Crippen molar-refractivity contribution in [3.8, 4) is 0 Å². The average Bonchev–Trinajstić information content (AvgIpc) is 2.24. The van der Waals surface area contributed by atoms with Gasteiger partial charge in [0.2, 0.25) is 10.0 Å². The van der Waals surface area contributed by atoms with E-state index in [1.807, 2.05) is 4.72 Å². The Hall–Kier alpha value is -0.890. The largest absolute Gasteiger partial charge is 0.294 e. The van der Waals surface area contributed by atoms with Crippen LogP contribution in [-0.2, 0) is 29.5 Å². The van der Waals surface area contributed by atoms with Crippen LogP contribution in [0.5, 0.6) is 0 Å². The number of nitrogens with one attached hydrogen (secondary N) is 1. The zero-order valence-corrected chi connectivity index (χ0v) is 11.8. The molecule has 0 atom stereocenters. The van der Waals surface area contributed by atoms with Crippen LogP contribution in [0.4, 0.5) is 5.69 Å². The van der Waals surface area contributed by atoms with Crippen LogP contribution in [-0.4, -0.2) is 32.9 Å². The molecule has 0 spiro atoms. The van der Waals surface area contributed by atoms with Crippen LogP contribution in [0.1, 0.15) is 0 Å². The van der Waals surface area contributed by atoms with Crippen molar-refractivity contribution in [2.45, 2.75) is 9.79 Å². The monoisotopic (exact) mass is 331 g/mol. The van der Waals surface area contributed by atoms with E-state index in [4.69, 9.17) is 9.81 Å². The lowest BCUT2D eigenvalue weighted by molar-refractivity contribution is -0.432. The molecule has 1 aromatic rings. The van der Waals surface area contributed by atoms with Gasteiger partial charge in [0.15, 0.2) is 0 Å². The molecule has 3 N–H and O–H groups in total. The summed E-state index contributed by atoms with van der Waals surface area (Å²) in [5.41, 5.74) is -0.167. The molecule has 1 rings (SSSR count). The molecule has 0 aliphatic rings. The molecule has 0 bridgehead atoms. The smallest absolute Gasteiger partial charge is 0.283 e. The molecular weight excluding hydrogens is 322 g/mol. The summed E-state index contributed by atoms with van der Waals surface area (Å²) >= 11 is 0.431. The Bertz CT molecular complexity index is 653. The fraction of sp³-hybridized carbons (Fsp3) is 0.143. The molecule has 0 saturated heterocycles.